The van der Waals surface area contributed by atoms with Gasteiger partial charge in [-0.1, -0.05) is 11.2 Å². The predicted octanol–water partition coefficient (Wildman–Crippen LogP) is 0.873. The first-order valence-corrected chi connectivity index (χ1v) is 4.08. The van der Waals surface area contributed by atoms with E-state index in [9.17, 15) is 4.79 Å². The van der Waals surface area contributed by atoms with E-state index in [0.717, 1.165) is 6.29 Å². The van der Waals surface area contributed by atoms with Crippen molar-refractivity contribution >= 4 is 6.29 Å². The topological polar surface area (TPSA) is 68.9 Å². The van der Waals surface area contributed by atoms with Gasteiger partial charge in [-0.25, -0.2) is 0 Å². The molecule has 0 aliphatic heterocycles. The molecule has 2 aromatic rings. The second kappa shape index (κ2) is 3.78. The van der Waals surface area contributed by atoms with Gasteiger partial charge in [0.1, 0.15) is 12.0 Å². The van der Waals surface area contributed by atoms with Gasteiger partial charge in [0, 0.05) is 6.20 Å². The molecule has 0 radical (unpaired) electrons. The number of carbonyl (C=O) groups excluding carboxylic acids is 1. The number of carbonyl (C=O) groups is 1. The number of hydrogen-bond donors (Lipinski definition) is 0. The lowest BCUT2D eigenvalue weighted by molar-refractivity contribution is -0.107. The van der Waals surface area contributed by atoms with Gasteiger partial charge in [0.2, 0.25) is 0 Å². The van der Waals surface area contributed by atoms with E-state index >= 15 is 0 Å². The van der Waals surface area contributed by atoms with Crippen molar-refractivity contribution in [3.05, 3.63) is 30.2 Å². The fourth-order valence-electron chi connectivity index (χ4n) is 1.00. The average molecular weight is 189 g/mol. The molecule has 14 heavy (non-hydrogen) atoms. The highest BCUT2D eigenvalue weighted by atomic mass is 16.5. The zero-order valence-corrected chi connectivity index (χ0v) is 7.25. The molecule has 70 valence electrons. The van der Waals surface area contributed by atoms with E-state index in [4.69, 9.17) is 4.52 Å². The van der Waals surface area contributed by atoms with Crippen LogP contribution in [0.1, 0.15) is 5.82 Å². The molecule has 5 nitrogen and oxygen atoms in total. The highest BCUT2D eigenvalue weighted by molar-refractivity contribution is 5.53. The monoisotopic (exact) mass is 189 g/mol. The van der Waals surface area contributed by atoms with Crippen molar-refractivity contribution in [2.24, 2.45) is 0 Å². The molecule has 0 atom stereocenters. The molecule has 0 N–H and O–H groups in total. The molecule has 2 aromatic heterocycles. The molecular formula is C9H7N3O2. The lowest BCUT2D eigenvalue weighted by Gasteiger charge is -1.88. The molecule has 0 unspecified atom stereocenters. The molecule has 0 aliphatic carbocycles. The number of aldehydes is 1. The molecule has 5 heteroatoms. The Morgan fingerprint density at radius 2 is 2.36 bits per heavy atom. The Hall–Kier alpha value is -2.04. The van der Waals surface area contributed by atoms with Crippen LogP contribution in [-0.4, -0.2) is 21.4 Å². The lowest BCUT2D eigenvalue weighted by Crippen LogP contribution is -1.88. The maximum absolute atomic E-state index is 10.2. The smallest absolute Gasteiger partial charge is 0.276 e. The summed E-state index contributed by atoms with van der Waals surface area (Å²) < 4.78 is 4.92. The second-order valence-corrected chi connectivity index (χ2v) is 2.60. The summed E-state index contributed by atoms with van der Waals surface area (Å²) in [5, 5.41) is 3.62. The zero-order valence-electron chi connectivity index (χ0n) is 7.25. The van der Waals surface area contributed by atoms with Crippen molar-refractivity contribution in [1.29, 1.82) is 0 Å². The van der Waals surface area contributed by atoms with Crippen LogP contribution in [0.3, 0.4) is 0 Å². The summed E-state index contributed by atoms with van der Waals surface area (Å²) in [6, 6.07) is 5.39. The van der Waals surface area contributed by atoms with Crippen LogP contribution in [0.4, 0.5) is 0 Å². The second-order valence-electron chi connectivity index (χ2n) is 2.60. The minimum Gasteiger partial charge on any atom is -0.332 e. The van der Waals surface area contributed by atoms with E-state index in [1.807, 2.05) is 6.07 Å². The van der Waals surface area contributed by atoms with Crippen LogP contribution in [0.25, 0.3) is 11.6 Å². The normalized spacial score (nSPS) is 10.0. The maximum Gasteiger partial charge on any atom is 0.276 e. The summed E-state index contributed by atoms with van der Waals surface area (Å²) in [5.74, 6) is 0.711. The minimum absolute atomic E-state index is 0.163. The van der Waals surface area contributed by atoms with E-state index in [-0.39, 0.29) is 6.42 Å². The Morgan fingerprint density at radius 1 is 1.43 bits per heavy atom. The van der Waals surface area contributed by atoms with Crippen molar-refractivity contribution in [2.45, 2.75) is 6.42 Å². The third-order valence-corrected chi connectivity index (χ3v) is 1.62. The van der Waals surface area contributed by atoms with Crippen molar-refractivity contribution in [3.8, 4) is 11.6 Å². The largest absolute Gasteiger partial charge is 0.332 e. The van der Waals surface area contributed by atoms with Gasteiger partial charge in [-0.2, -0.15) is 4.98 Å². The number of hydrogen-bond acceptors (Lipinski definition) is 5. The standard InChI is InChI=1S/C9H7N3O2/c13-6-4-8-11-9(14-12-8)7-3-1-2-5-10-7/h1-3,5-6H,4H2. The molecule has 2 heterocycles. The summed E-state index contributed by atoms with van der Waals surface area (Å²) in [6.45, 7) is 0. The predicted molar refractivity (Wildman–Crippen MR) is 47.3 cm³/mol. The van der Waals surface area contributed by atoms with Gasteiger partial charge in [-0.3, -0.25) is 4.98 Å². The molecule has 0 amide bonds. The third-order valence-electron chi connectivity index (χ3n) is 1.62. The molecular weight excluding hydrogens is 182 g/mol. The van der Waals surface area contributed by atoms with Gasteiger partial charge in [0.15, 0.2) is 5.82 Å². The van der Waals surface area contributed by atoms with Gasteiger partial charge in [-0.05, 0) is 12.1 Å². The van der Waals surface area contributed by atoms with Crippen LogP contribution in [0.2, 0.25) is 0 Å². The van der Waals surface area contributed by atoms with Crippen LogP contribution < -0.4 is 0 Å². The summed E-state index contributed by atoms with van der Waals surface area (Å²) >= 11 is 0. The Kier molecular flexibility index (Phi) is 2.31. The van der Waals surface area contributed by atoms with E-state index in [1.54, 1.807) is 18.3 Å². The van der Waals surface area contributed by atoms with Gasteiger partial charge in [-0.15, -0.1) is 0 Å². The van der Waals surface area contributed by atoms with Crippen molar-refractivity contribution in [1.82, 2.24) is 15.1 Å². The van der Waals surface area contributed by atoms with Crippen LogP contribution in [0, 0.1) is 0 Å². The number of rotatable bonds is 3. The van der Waals surface area contributed by atoms with Crippen molar-refractivity contribution in [3.63, 3.8) is 0 Å². The van der Waals surface area contributed by atoms with Crippen LogP contribution in [-0.2, 0) is 11.2 Å². The highest BCUT2D eigenvalue weighted by Gasteiger charge is 2.08. The first kappa shape index (κ1) is 8.55. The van der Waals surface area contributed by atoms with Crippen molar-refractivity contribution < 1.29 is 9.32 Å². The third kappa shape index (κ3) is 1.66. The summed E-state index contributed by atoms with van der Waals surface area (Å²) in [6.07, 6.45) is 2.53. The van der Waals surface area contributed by atoms with Gasteiger partial charge in [0.05, 0.1) is 6.42 Å². The minimum atomic E-state index is 0.163. The van der Waals surface area contributed by atoms with E-state index in [2.05, 4.69) is 15.1 Å². The average Bonchev–Trinajstić information content (AvgIpc) is 2.68. The van der Waals surface area contributed by atoms with Crippen molar-refractivity contribution in [2.75, 3.05) is 0 Å². The van der Waals surface area contributed by atoms with Gasteiger partial charge < -0.3 is 9.32 Å². The van der Waals surface area contributed by atoms with Gasteiger partial charge in [0.25, 0.3) is 5.89 Å². The number of aromatic nitrogens is 3. The van der Waals surface area contributed by atoms with Gasteiger partial charge >= 0.3 is 0 Å². The zero-order chi connectivity index (χ0) is 9.80. The van der Waals surface area contributed by atoms with Crippen LogP contribution >= 0.6 is 0 Å². The molecule has 0 saturated carbocycles. The van der Waals surface area contributed by atoms with E-state index < -0.39 is 0 Å². The first-order chi connectivity index (χ1) is 6.90. The van der Waals surface area contributed by atoms with Crippen LogP contribution in [0.15, 0.2) is 28.9 Å². The summed E-state index contributed by atoms with van der Waals surface area (Å²) in [7, 11) is 0. The quantitative estimate of drug-likeness (QED) is 0.670. The molecule has 0 bridgehead atoms. The maximum atomic E-state index is 10.2. The fourth-order valence-corrected chi connectivity index (χ4v) is 1.00. The molecule has 0 spiro atoms. The SMILES string of the molecule is O=CCc1noc(-c2ccccn2)n1. The number of nitrogens with zero attached hydrogens (tertiary/aromatic N) is 3. The Bertz CT molecular complexity index is 425. The molecule has 2 rings (SSSR count). The Labute approximate surface area is 79.8 Å². The summed E-state index contributed by atoms with van der Waals surface area (Å²) in [5.41, 5.74) is 0.608. The molecule has 0 aromatic carbocycles. The lowest BCUT2D eigenvalue weighted by atomic mass is 10.3. The highest BCUT2D eigenvalue weighted by Crippen LogP contribution is 2.12. The van der Waals surface area contributed by atoms with Crippen LogP contribution in [0.5, 0.6) is 0 Å². The molecule has 0 fully saturated rings. The number of pyridine rings is 1. The van der Waals surface area contributed by atoms with E-state index in [1.165, 1.54) is 0 Å². The van der Waals surface area contributed by atoms with E-state index in [0.29, 0.717) is 17.4 Å². The molecule has 0 saturated heterocycles. The Balaban J connectivity index is 2.29. The fraction of sp³-hybridized carbons (Fsp3) is 0.111. The molecule has 0 aliphatic rings. The Morgan fingerprint density at radius 3 is 3.07 bits per heavy atom. The first-order valence-electron chi connectivity index (χ1n) is 4.08. The summed E-state index contributed by atoms with van der Waals surface area (Å²) in [4.78, 5) is 18.2.